The predicted octanol–water partition coefficient (Wildman–Crippen LogP) is 1.64. The van der Waals surface area contributed by atoms with Crippen LogP contribution in [0.25, 0.3) is 0 Å². The Balaban J connectivity index is 3.23. The van der Waals surface area contributed by atoms with Gasteiger partial charge in [-0.3, -0.25) is 0 Å². The fourth-order valence-electron chi connectivity index (χ4n) is 0.686. The Hall–Kier alpha value is -0.480. The molecule has 0 aliphatic rings. The first kappa shape index (κ1) is 9.52. The van der Waals surface area contributed by atoms with Gasteiger partial charge in [0, 0.05) is 12.5 Å². The van der Waals surface area contributed by atoms with E-state index in [4.69, 9.17) is 6.42 Å². The second-order valence-corrected chi connectivity index (χ2v) is 3.11. The summed E-state index contributed by atoms with van der Waals surface area (Å²) in [5.74, 6) is 3.34. The van der Waals surface area contributed by atoms with Gasteiger partial charge in [0.15, 0.2) is 0 Å². The van der Waals surface area contributed by atoms with Gasteiger partial charge in [0.05, 0.1) is 0 Å². The highest BCUT2D eigenvalue weighted by Gasteiger charge is 1.98. The van der Waals surface area contributed by atoms with Crippen molar-refractivity contribution in [2.75, 3.05) is 6.54 Å². The molecule has 1 nitrogen and oxygen atoms in total. The van der Waals surface area contributed by atoms with Crippen LogP contribution in [0.5, 0.6) is 0 Å². The molecule has 0 fully saturated rings. The van der Waals surface area contributed by atoms with Gasteiger partial charge >= 0.3 is 0 Å². The molecule has 1 atom stereocenters. The molecule has 0 aromatic heterocycles. The molecule has 0 heterocycles. The van der Waals surface area contributed by atoms with Gasteiger partial charge in [-0.05, 0) is 19.4 Å². The summed E-state index contributed by atoms with van der Waals surface area (Å²) in [4.78, 5) is 0. The van der Waals surface area contributed by atoms with E-state index in [0.717, 1.165) is 13.0 Å². The molecule has 0 bridgehead atoms. The van der Waals surface area contributed by atoms with E-state index < -0.39 is 0 Å². The van der Waals surface area contributed by atoms with E-state index in [1.165, 1.54) is 0 Å². The fraction of sp³-hybridized carbons (Fsp3) is 0.778. The van der Waals surface area contributed by atoms with Gasteiger partial charge in [0.1, 0.15) is 0 Å². The Kier molecular flexibility index (Phi) is 5.06. The van der Waals surface area contributed by atoms with Crippen molar-refractivity contribution in [2.45, 2.75) is 33.2 Å². The quantitative estimate of drug-likeness (QED) is 0.584. The molecule has 0 aliphatic heterocycles. The van der Waals surface area contributed by atoms with Crippen molar-refractivity contribution in [3.8, 4) is 12.3 Å². The van der Waals surface area contributed by atoms with Crippen LogP contribution in [0.2, 0.25) is 0 Å². The van der Waals surface area contributed by atoms with Crippen molar-refractivity contribution in [1.29, 1.82) is 0 Å². The third kappa shape index (κ3) is 5.65. The minimum absolute atomic E-state index is 0.465. The highest BCUT2D eigenvalue weighted by atomic mass is 14.9. The zero-order valence-corrected chi connectivity index (χ0v) is 7.15. The standard InChI is InChI=1S/C9H17N/c1-5-6-9(4)10-7-8(2)3/h1,8-10H,6-7H2,2-4H3. The first-order valence-corrected chi connectivity index (χ1v) is 3.83. The third-order valence-electron chi connectivity index (χ3n) is 1.30. The summed E-state index contributed by atoms with van der Waals surface area (Å²) >= 11 is 0. The summed E-state index contributed by atoms with van der Waals surface area (Å²) < 4.78 is 0. The molecule has 10 heavy (non-hydrogen) atoms. The van der Waals surface area contributed by atoms with Gasteiger partial charge < -0.3 is 5.32 Å². The molecule has 0 saturated carbocycles. The van der Waals surface area contributed by atoms with Gasteiger partial charge in [-0.2, -0.15) is 0 Å². The first-order chi connectivity index (χ1) is 4.66. The molecular weight excluding hydrogens is 122 g/mol. The van der Waals surface area contributed by atoms with Crippen molar-refractivity contribution >= 4 is 0 Å². The molecule has 0 radical (unpaired) electrons. The lowest BCUT2D eigenvalue weighted by Crippen LogP contribution is -2.29. The fourth-order valence-corrected chi connectivity index (χ4v) is 0.686. The average molecular weight is 139 g/mol. The van der Waals surface area contributed by atoms with E-state index in [2.05, 4.69) is 32.0 Å². The van der Waals surface area contributed by atoms with Gasteiger partial charge in [-0.15, -0.1) is 12.3 Å². The number of terminal acetylenes is 1. The summed E-state index contributed by atoms with van der Waals surface area (Å²) in [7, 11) is 0. The number of rotatable bonds is 4. The molecular formula is C9H17N. The molecule has 0 spiro atoms. The maximum absolute atomic E-state index is 5.15. The van der Waals surface area contributed by atoms with E-state index in [9.17, 15) is 0 Å². The molecule has 0 aliphatic carbocycles. The Morgan fingerprint density at radius 3 is 2.40 bits per heavy atom. The Morgan fingerprint density at radius 2 is 2.00 bits per heavy atom. The predicted molar refractivity (Wildman–Crippen MR) is 45.8 cm³/mol. The topological polar surface area (TPSA) is 12.0 Å². The van der Waals surface area contributed by atoms with Crippen LogP contribution < -0.4 is 5.32 Å². The van der Waals surface area contributed by atoms with E-state index >= 15 is 0 Å². The maximum Gasteiger partial charge on any atom is 0.0238 e. The van der Waals surface area contributed by atoms with Crippen LogP contribution in [0.15, 0.2) is 0 Å². The van der Waals surface area contributed by atoms with Gasteiger partial charge in [-0.1, -0.05) is 13.8 Å². The maximum atomic E-state index is 5.15. The van der Waals surface area contributed by atoms with Crippen LogP contribution in [-0.4, -0.2) is 12.6 Å². The molecule has 0 aromatic rings. The number of hydrogen-bond acceptors (Lipinski definition) is 1. The summed E-state index contributed by atoms with van der Waals surface area (Å²) in [5.41, 5.74) is 0. The molecule has 58 valence electrons. The lowest BCUT2D eigenvalue weighted by Gasteiger charge is -2.12. The molecule has 0 saturated heterocycles. The zero-order valence-electron chi connectivity index (χ0n) is 7.15. The minimum atomic E-state index is 0.465. The van der Waals surface area contributed by atoms with Gasteiger partial charge in [0.2, 0.25) is 0 Å². The second kappa shape index (κ2) is 5.32. The van der Waals surface area contributed by atoms with Crippen molar-refractivity contribution < 1.29 is 0 Å². The van der Waals surface area contributed by atoms with Crippen LogP contribution >= 0.6 is 0 Å². The lowest BCUT2D eigenvalue weighted by molar-refractivity contribution is 0.489. The monoisotopic (exact) mass is 139 g/mol. The van der Waals surface area contributed by atoms with Crippen molar-refractivity contribution in [3.63, 3.8) is 0 Å². The minimum Gasteiger partial charge on any atom is -0.313 e. The van der Waals surface area contributed by atoms with Crippen molar-refractivity contribution in [1.82, 2.24) is 5.32 Å². The average Bonchev–Trinajstić information content (AvgIpc) is 1.85. The van der Waals surface area contributed by atoms with Gasteiger partial charge in [0.25, 0.3) is 0 Å². The largest absolute Gasteiger partial charge is 0.313 e. The summed E-state index contributed by atoms with van der Waals surface area (Å²) in [5, 5.41) is 3.34. The van der Waals surface area contributed by atoms with Crippen LogP contribution in [0.1, 0.15) is 27.2 Å². The van der Waals surface area contributed by atoms with Crippen LogP contribution in [0.4, 0.5) is 0 Å². The molecule has 0 rings (SSSR count). The summed E-state index contributed by atoms with van der Waals surface area (Å²) in [6.45, 7) is 7.55. The number of hydrogen-bond donors (Lipinski definition) is 1. The Morgan fingerprint density at radius 1 is 1.40 bits per heavy atom. The zero-order chi connectivity index (χ0) is 7.98. The highest BCUT2D eigenvalue weighted by Crippen LogP contribution is 1.92. The van der Waals surface area contributed by atoms with E-state index in [0.29, 0.717) is 12.0 Å². The Labute approximate surface area is 64.2 Å². The third-order valence-corrected chi connectivity index (χ3v) is 1.30. The first-order valence-electron chi connectivity index (χ1n) is 3.83. The molecule has 1 N–H and O–H groups in total. The molecule has 0 aromatic carbocycles. The molecule has 1 unspecified atom stereocenters. The molecule has 0 amide bonds. The van der Waals surface area contributed by atoms with Gasteiger partial charge in [-0.25, -0.2) is 0 Å². The smallest absolute Gasteiger partial charge is 0.0238 e. The normalized spacial score (nSPS) is 13.1. The summed E-state index contributed by atoms with van der Waals surface area (Å²) in [6, 6.07) is 0.465. The summed E-state index contributed by atoms with van der Waals surface area (Å²) in [6.07, 6.45) is 5.97. The number of nitrogens with one attached hydrogen (secondary N) is 1. The second-order valence-electron chi connectivity index (χ2n) is 3.11. The van der Waals surface area contributed by atoms with E-state index in [1.54, 1.807) is 0 Å². The van der Waals surface area contributed by atoms with Crippen LogP contribution in [0.3, 0.4) is 0 Å². The van der Waals surface area contributed by atoms with Crippen molar-refractivity contribution in [2.24, 2.45) is 5.92 Å². The highest BCUT2D eigenvalue weighted by molar-refractivity contribution is 4.87. The van der Waals surface area contributed by atoms with Crippen LogP contribution in [0, 0.1) is 18.3 Å². The van der Waals surface area contributed by atoms with Crippen LogP contribution in [-0.2, 0) is 0 Å². The van der Waals surface area contributed by atoms with E-state index in [1.807, 2.05) is 0 Å². The van der Waals surface area contributed by atoms with Crippen molar-refractivity contribution in [3.05, 3.63) is 0 Å². The molecule has 1 heteroatoms. The Bertz CT molecular complexity index is 110. The lowest BCUT2D eigenvalue weighted by atomic mass is 10.2. The SMILES string of the molecule is C#CCC(C)NCC(C)C. The van der Waals surface area contributed by atoms with E-state index in [-0.39, 0.29) is 0 Å².